The maximum Gasteiger partial charge on any atom is 0.164 e. The average molecular weight is 648 g/mol. The summed E-state index contributed by atoms with van der Waals surface area (Å²) in [7, 11) is 0. The van der Waals surface area contributed by atoms with Crippen LogP contribution in [-0.4, -0.2) is 15.0 Å². The second kappa shape index (κ2) is 10.6. The van der Waals surface area contributed by atoms with Crippen molar-refractivity contribution in [3.05, 3.63) is 198 Å². The number of fused-ring (bicyclic) bond motifs is 7. The van der Waals surface area contributed by atoms with Gasteiger partial charge in [0.05, 0.1) is 5.41 Å². The molecule has 0 unspecified atom stereocenters. The molecule has 3 heteroatoms. The third kappa shape index (κ3) is 3.97. The van der Waals surface area contributed by atoms with E-state index in [1.165, 1.54) is 60.5 Å². The van der Waals surface area contributed by atoms with Crippen LogP contribution < -0.4 is 0 Å². The van der Waals surface area contributed by atoms with Crippen LogP contribution in [0.1, 0.15) is 22.3 Å². The number of benzene rings is 8. The van der Waals surface area contributed by atoms with Crippen LogP contribution in [-0.2, 0) is 5.41 Å². The van der Waals surface area contributed by atoms with Gasteiger partial charge in [0.25, 0.3) is 0 Å². The van der Waals surface area contributed by atoms with Crippen LogP contribution >= 0.6 is 0 Å². The minimum absolute atomic E-state index is 0.378. The van der Waals surface area contributed by atoms with E-state index >= 15 is 0 Å². The van der Waals surface area contributed by atoms with Gasteiger partial charge in [-0.25, -0.2) is 15.0 Å². The first kappa shape index (κ1) is 28.2. The van der Waals surface area contributed by atoms with Crippen molar-refractivity contribution in [3.63, 3.8) is 0 Å². The van der Waals surface area contributed by atoms with E-state index in [0.29, 0.717) is 17.5 Å². The maximum atomic E-state index is 4.95. The Labute approximate surface area is 295 Å². The van der Waals surface area contributed by atoms with Crippen molar-refractivity contribution in [3.8, 4) is 56.4 Å². The highest BCUT2D eigenvalue weighted by atomic mass is 15.0. The van der Waals surface area contributed by atoms with Gasteiger partial charge in [0.1, 0.15) is 0 Å². The molecule has 0 bridgehead atoms. The second-order valence-corrected chi connectivity index (χ2v) is 13.5. The van der Waals surface area contributed by atoms with Gasteiger partial charge >= 0.3 is 0 Å². The molecule has 0 saturated carbocycles. The Hall–Kier alpha value is -6.71. The molecule has 2 aliphatic rings. The molecule has 236 valence electrons. The SMILES string of the molecule is c1ccc(-c2nc(-c3ccccc3)nc(-c3ccc(-c4ccc5c(c4)C4(c6ccccc6-5)c5cccc6ccc7cccc4c7c56)cc3)n2)cc1. The van der Waals surface area contributed by atoms with Crippen LogP contribution in [0.4, 0.5) is 0 Å². The lowest BCUT2D eigenvalue weighted by molar-refractivity contribution is 0.797. The van der Waals surface area contributed by atoms with Gasteiger partial charge in [-0.3, -0.25) is 0 Å². The first-order valence-electron chi connectivity index (χ1n) is 17.4. The molecule has 51 heavy (non-hydrogen) atoms. The van der Waals surface area contributed by atoms with E-state index in [0.717, 1.165) is 22.3 Å². The van der Waals surface area contributed by atoms with Crippen molar-refractivity contribution in [2.24, 2.45) is 0 Å². The highest BCUT2D eigenvalue weighted by Crippen LogP contribution is 2.62. The molecule has 0 atom stereocenters. The molecule has 9 aromatic rings. The van der Waals surface area contributed by atoms with Gasteiger partial charge in [-0.1, -0.05) is 170 Å². The molecule has 3 nitrogen and oxygen atoms in total. The van der Waals surface area contributed by atoms with Gasteiger partial charge in [-0.15, -0.1) is 0 Å². The van der Waals surface area contributed by atoms with Crippen molar-refractivity contribution < 1.29 is 0 Å². The van der Waals surface area contributed by atoms with Crippen molar-refractivity contribution in [1.82, 2.24) is 15.0 Å². The summed E-state index contributed by atoms with van der Waals surface area (Å²) < 4.78 is 0. The molecule has 0 radical (unpaired) electrons. The smallest absolute Gasteiger partial charge is 0.164 e. The zero-order chi connectivity index (χ0) is 33.5. The van der Waals surface area contributed by atoms with Gasteiger partial charge in [-0.05, 0) is 72.1 Å². The Morgan fingerprint density at radius 1 is 0.294 bits per heavy atom. The van der Waals surface area contributed by atoms with Crippen LogP contribution in [0, 0.1) is 0 Å². The second-order valence-electron chi connectivity index (χ2n) is 13.5. The monoisotopic (exact) mass is 647 g/mol. The van der Waals surface area contributed by atoms with Gasteiger partial charge in [-0.2, -0.15) is 0 Å². The van der Waals surface area contributed by atoms with E-state index in [9.17, 15) is 0 Å². The first-order valence-corrected chi connectivity index (χ1v) is 17.4. The number of aromatic nitrogens is 3. The normalized spacial score (nSPS) is 13.3. The molecule has 0 aliphatic heterocycles. The van der Waals surface area contributed by atoms with E-state index in [-0.39, 0.29) is 5.41 Å². The summed E-state index contributed by atoms with van der Waals surface area (Å²) in [5.74, 6) is 1.98. The van der Waals surface area contributed by atoms with Crippen molar-refractivity contribution in [2.75, 3.05) is 0 Å². The van der Waals surface area contributed by atoms with Gasteiger partial charge in [0.2, 0.25) is 0 Å². The largest absolute Gasteiger partial charge is 0.208 e. The Balaban J connectivity index is 1.06. The summed E-state index contributed by atoms with van der Waals surface area (Å²) in [5.41, 5.74) is 12.9. The number of hydrogen-bond acceptors (Lipinski definition) is 3. The van der Waals surface area contributed by atoms with Crippen molar-refractivity contribution in [2.45, 2.75) is 5.41 Å². The fourth-order valence-electron chi connectivity index (χ4n) is 8.71. The number of rotatable bonds is 4. The summed E-state index contributed by atoms with van der Waals surface area (Å²) in [6.07, 6.45) is 0. The molecule has 1 spiro atoms. The highest BCUT2D eigenvalue weighted by molar-refractivity contribution is 6.17. The van der Waals surface area contributed by atoms with Gasteiger partial charge in [0, 0.05) is 16.7 Å². The van der Waals surface area contributed by atoms with E-state index in [2.05, 4.69) is 115 Å². The topological polar surface area (TPSA) is 38.7 Å². The van der Waals surface area contributed by atoms with Crippen LogP contribution in [0.15, 0.2) is 176 Å². The molecule has 0 amide bonds. The van der Waals surface area contributed by atoms with Gasteiger partial charge in [0.15, 0.2) is 17.5 Å². The van der Waals surface area contributed by atoms with E-state index in [4.69, 9.17) is 15.0 Å². The molecule has 1 aromatic heterocycles. The van der Waals surface area contributed by atoms with Crippen LogP contribution in [0.25, 0.3) is 78.0 Å². The summed E-state index contributed by atoms with van der Waals surface area (Å²) in [6.45, 7) is 0. The number of hydrogen-bond donors (Lipinski definition) is 0. The fourth-order valence-corrected chi connectivity index (χ4v) is 8.71. The average Bonchev–Trinajstić information content (AvgIpc) is 3.68. The summed E-state index contributed by atoms with van der Waals surface area (Å²) in [5, 5.41) is 5.35. The molecule has 0 saturated heterocycles. The molecule has 1 heterocycles. The van der Waals surface area contributed by atoms with E-state index in [1.807, 2.05) is 60.7 Å². The predicted molar refractivity (Wildman–Crippen MR) is 207 cm³/mol. The predicted octanol–water partition coefficient (Wildman–Crippen LogP) is 11.5. The summed E-state index contributed by atoms with van der Waals surface area (Å²) >= 11 is 0. The van der Waals surface area contributed by atoms with Crippen molar-refractivity contribution >= 4 is 21.5 Å². The minimum Gasteiger partial charge on any atom is -0.208 e. The highest BCUT2D eigenvalue weighted by Gasteiger charge is 2.50. The summed E-state index contributed by atoms with van der Waals surface area (Å²) in [6, 6.07) is 63.2. The zero-order valence-electron chi connectivity index (χ0n) is 27.6. The van der Waals surface area contributed by atoms with Crippen molar-refractivity contribution in [1.29, 1.82) is 0 Å². The lowest BCUT2D eigenvalue weighted by atomic mass is 9.70. The molecular formula is C48H29N3. The minimum atomic E-state index is -0.378. The Morgan fingerprint density at radius 3 is 1.33 bits per heavy atom. The first-order chi connectivity index (χ1) is 25.3. The number of nitrogens with zero attached hydrogens (tertiary/aromatic N) is 3. The molecule has 2 aliphatic carbocycles. The molecular weight excluding hydrogens is 619 g/mol. The lowest BCUT2D eigenvalue weighted by Gasteiger charge is -2.31. The Morgan fingerprint density at radius 2 is 0.745 bits per heavy atom. The van der Waals surface area contributed by atoms with Crippen LogP contribution in [0.3, 0.4) is 0 Å². The van der Waals surface area contributed by atoms with Gasteiger partial charge < -0.3 is 0 Å². The molecule has 0 N–H and O–H groups in total. The maximum absolute atomic E-state index is 4.95. The molecule has 0 fully saturated rings. The lowest BCUT2D eigenvalue weighted by Crippen LogP contribution is -2.26. The van der Waals surface area contributed by atoms with E-state index < -0.39 is 0 Å². The Kier molecular flexibility index (Phi) is 5.88. The quantitative estimate of drug-likeness (QED) is 0.178. The molecule has 11 rings (SSSR count). The zero-order valence-corrected chi connectivity index (χ0v) is 27.6. The Bertz CT molecular complexity index is 2720. The van der Waals surface area contributed by atoms with Crippen LogP contribution in [0.5, 0.6) is 0 Å². The van der Waals surface area contributed by atoms with Crippen LogP contribution in [0.2, 0.25) is 0 Å². The van der Waals surface area contributed by atoms with E-state index in [1.54, 1.807) is 0 Å². The fraction of sp³-hybridized carbons (Fsp3) is 0.0208. The molecule has 8 aromatic carbocycles. The summed E-state index contributed by atoms with van der Waals surface area (Å²) in [4.78, 5) is 14.8. The standard InChI is InChI=1S/C48H29N3/c1-3-11-33(12-4-1)45-49-46(34-13-5-2-6-14-34)51-47(50-45)35-25-21-30(22-26-35)36-27-28-38-37-17-7-8-18-39(37)48(42(38)29-36)40-19-9-15-31-23-24-32-16-10-20-41(48)44(32)43(31)40/h1-29H. The third-order valence-corrected chi connectivity index (χ3v) is 10.9. The third-order valence-electron chi connectivity index (χ3n) is 10.9.